The first-order valence-corrected chi connectivity index (χ1v) is 6.82. The minimum absolute atomic E-state index is 0.510. The van der Waals surface area contributed by atoms with Gasteiger partial charge in [0.15, 0.2) is 0 Å². The van der Waals surface area contributed by atoms with Crippen molar-refractivity contribution >= 4 is 12.0 Å². The van der Waals surface area contributed by atoms with Crippen molar-refractivity contribution in [2.75, 3.05) is 19.8 Å². The van der Waals surface area contributed by atoms with Gasteiger partial charge in [-0.1, -0.05) is 6.92 Å². The van der Waals surface area contributed by atoms with Crippen LogP contribution in [0.25, 0.3) is 0 Å². The van der Waals surface area contributed by atoms with Crippen molar-refractivity contribution < 1.29 is 4.18 Å². The zero-order valence-electron chi connectivity index (χ0n) is 9.66. The molecule has 1 aliphatic carbocycles. The average Bonchev–Trinajstić information content (AvgIpc) is 2.20. The monoisotopic (exact) mass is 217 g/mol. The highest BCUT2D eigenvalue weighted by Crippen LogP contribution is 2.26. The Bertz CT molecular complexity index is 146. The maximum Gasteiger partial charge on any atom is 0.0723 e. The van der Waals surface area contributed by atoms with Crippen LogP contribution in [-0.4, -0.2) is 36.9 Å². The van der Waals surface area contributed by atoms with E-state index < -0.39 is 0 Å². The smallest absolute Gasteiger partial charge is 0.0723 e. The maximum absolute atomic E-state index is 5.57. The Labute approximate surface area is 92.6 Å². The van der Waals surface area contributed by atoms with Gasteiger partial charge in [0.1, 0.15) is 0 Å². The molecule has 0 unspecified atom stereocenters. The Balaban J connectivity index is 2.21. The first kappa shape index (κ1) is 12.3. The number of nitrogens with zero attached hydrogens (tertiary/aromatic N) is 1. The van der Waals surface area contributed by atoms with E-state index in [2.05, 4.69) is 18.9 Å². The summed E-state index contributed by atoms with van der Waals surface area (Å²) in [5.74, 6) is 0. The molecule has 0 bridgehead atoms. The van der Waals surface area contributed by atoms with E-state index >= 15 is 0 Å². The molecule has 0 saturated heterocycles. The van der Waals surface area contributed by atoms with E-state index in [-0.39, 0.29) is 0 Å². The SMILES string of the molecule is CCCN(C)[C@H]1CC[C@H](OSC)CC1. The number of rotatable bonds is 5. The summed E-state index contributed by atoms with van der Waals surface area (Å²) in [6, 6.07) is 0.802. The van der Waals surface area contributed by atoms with Gasteiger partial charge in [-0.2, -0.15) is 0 Å². The summed E-state index contributed by atoms with van der Waals surface area (Å²) in [6.07, 6.45) is 8.87. The molecule has 0 aromatic carbocycles. The fourth-order valence-corrected chi connectivity index (χ4v) is 2.72. The Kier molecular flexibility index (Phi) is 5.90. The minimum atomic E-state index is 0.510. The third kappa shape index (κ3) is 3.79. The van der Waals surface area contributed by atoms with Crippen LogP contribution in [0.2, 0.25) is 0 Å². The van der Waals surface area contributed by atoms with Crippen LogP contribution in [0.1, 0.15) is 39.0 Å². The van der Waals surface area contributed by atoms with Crippen molar-refractivity contribution in [2.24, 2.45) is 0 Å². The summed E-state index contributed by atoms with van der Waals surface area (Å²) >= 11 is 1.51. The summed E-state index contributed by atoms with van der Waals surface area (Å²) in [5, 5.41) is 0. The number of hydrogen-bond donors (Lipinski definition) is 0. The standard InChI is InChI=1S/C11H23NOS/c1-4-9-12(2)10-5-7-11(8-6-10)13-14-3/h10-11H,4-9H2,1-3H3/t10-,11-. The van der Waals surface area contributed by atoms with Gasteiger partial charge < -0.3 is 9.08 Å². The van der Waals surface area contributed by atoms with Gasteiger partial charge in [-0.15, -0.1) is 0 Å². The van der Waals surface area contributed by atoms with Crippen molar-refractivity contribution in [2.45, 2.75) is 51.2 Å². The molecule has 0 atom stereocenters. The maximum atomic E-state index is 5.57. The molecule has 84 valence electrons. The second-order valence-corrected chi connectivity index (χ2v) is 4.70. The largest absolute Gasteiger partial charge is 0.312 e. The van der Waals surface area contributed by atoms with Crippen LogP contribution < -0.4 is 0 Å². The molecule has 14 heavy (non-hydrogen) atoms. The molecule has 0 heterocycles. The van der Waals surface area contributed by atoms with E-state index in [1.807, 2.05) is 6.26 Å². The van der Waals surface area contributed by atoms with Crippen LogP contribution in [-0.2, 0) is 4.18 Å². The van der Waals surface area contributed by atoms with Crippen molar-refractivity contribution in [3.63, 3.8) is 0 Å². The minimum Gasteiger partial charge on any atom is -0.312 e. The van der Waals surface area contributed by atoms with Crippen LogP contribution in [0.5, 0.6) is 0 Å². The van der Waals surface area contributed by atoms with E-state index in [4.69, 9.17) is 4.18 Å². The zero-order chi connectivity index (χ0) is 10.4. The van der Waals surface area contributed by atoms with Crippen LogP contribution >= 0.6 is 12.0 Å². The molecule has 0 aromatic rings. The fourth-order valence-electron chi connectivity index (χ4n) is 2.25. The van der Waals surface area contributed by atoms with Crippen molar-refractivity contribution in [3.05, 3.63) is 0 Å². The van der Waals surface area contributed by atoms with Gasteiger partial charge in [0.2, 0.25) is 0 Å². The van der Waals surface area contributed by atoms with Gasteiger partial charge in [-0.3, -0.25) is 0 Å². The molecule has 0 amide bonds. The third-order valence-electron chi connectivity index (χ3n) is 3.08. The molecule has 1 aliphatic rings. The van der Waals surface area contributed by atoms with Crippen molar-refractivity contribution in [3.8, 4) is 0 Å². The Hall–Kier alpha value is 0.270. The van der Waals surface area contributed by atoms with Gasteiger partial charge in [0.05, 0.1) is 6.10 Å². The van der Waals surface area contributed by atoms with Crippen LogP contribution in [0.4, 0.5) is 0 Å². The Morgan fingerprint density at radius 3 is 2.43 bits per heavy atom. The molecule has 0 N–H and O–H groups in total. The quantitative estimate of drug-likeness (QED) is 0.657. The first-order valence-electron chi connectivity index (χ1n) is 5.67. The highest BCUT2D eigenvalue weighted by molar-refractivity contribution is 7.93. The predicted molar refractivity (Wildman–Crippen MR) is 63.6 cm³/mol. The summed E-state index contributed by atoms with van der Waals surface area (Å²) in [6.45, 7) is 3.48. The lowest BCUT2D eigenvalue weighted by atomic mass is 9.92. The second-order valence-electron chi connectivity index (χ2n) is 4.17. The topological polar surface area (TPSA) is 12.5 Å². The van der Waals surface area contributed by atoms with Crippen molar-refractivity contribution in [1.82, 2.24) is 4.90 Å². The Morgan fingerprint density at radius 1 is 1.29 bits per heavy atom. The van der Waals surface area contributed by atoms with Gasteiger partial charge in [-0.25, -0.2) is 0 Å². The fraction of sp³-hybridized carbons (Fsp3) is 1.00. The molecular formula is C11H23NOS. The van der Waals surface area contributed by atoms with Crippen LogP contribution in [0, 0.1) is 0 Å². The van der Waals surface area contributed by atoms with Gasteiger partial charge in [0, 0.05) is 12.3 Å². The molecule has 3 heteroatoms. The normalized spacial score (nSPS) is 28.3. The molecule has 0 radical (unpaired) electrons. The molecule has 2 nitrogen and oxygen atoms in total. The van der Waals surface area contributed by atoms with Gasteiger partial charge >= 0.3 is 0 Å². The average molecular weight is 217 g/mol. The number of hydrogen-bond acceptors (Lipinski definition) is 3. The first-order chi connectivity index (χ1) is 6.77. The second kappa shape index (κ2) is 6.70. The van der Waals surface area contributed by atoms with E-state index in [9.17, 15) is 0 Å². The van der Waals surface area contributed by atoms with Gasteiger partial charge in [-0.05, 0) is 57.7 Å². The van der Waals surface area contributed by atoms with Gasteiger partial charge in [0.25, 0.3) is 0 Å². The summed E-state index contributed by atoms with van der Waals surface area (Å²) in [7, 11) is 2.25. The van der Waals surface area contributed by atoms with E-state index in [1.54, 1.807) is 0 Å². The molecule has 1 fully saturated rings. The van der Waals surface area contributed by atoms with Crippen LogP contribution in [0.3, 0.4) is 0 Å². The lowest BCUT2D eigenvalue weighted by Gasteiger charge is -2.33. The highest BCUT2D eigenvalue weighted by atomic mass is 32.2. The van der Waals surface area contributed by atoms with E-state index in [0.29, 0.717) is 6.10 Å². The molecule has 0 aromatic heterocycles. The molecular weight excluding hydrogens is 194 g/mol. The van der Waals surface area contributed by atoms with Crippen molar-refractivity contribution in [1.29, 1.82) is 0 Å². The summed E-state index contributed by atoms with van der Waals surface area (Å²) in [4.78, 5) is 2.51. The molecule has 0 spiro atoms. The summed E-state index contributed by atoms with van der Waals surface area (Å²) < 4.78 is 5.57. The predicted octanol–water partition coefficient (Wildman–Crippen LogP) is 2.93. The molecule has 1 rings (SSSR count). The van der Waals surface area contributed by atoms with E-state index in [0.717, 1.165) is 6.04 Å². The zero-order valence-corrected chi connectivity index (χ0v) is 10.5. The van der Waals surface area contributed by atoms with E-state index in [1.165, 1.54) is 50.7 Å². The Morgan fingerprint density at radius 2 is 1.93 bits per heavy atom. The third-order valence-corrected chi connectivity index (χ3v) is 3.54. The molecule has 0 aliphatic heterocycles. The lowest BCUT2D eigenvalue weighted by Crippen LogP contribution is -2.36. The molecule has 1 saturated carbocycles. The highest BCUT2D eigenvalue weighted by Gasteiger charge is 2.23. The van der Waals surface area contributed by atoms with Crippen LogP contribution in [0.15, 0.2) is 0 Å². The summed E-state index contributed by atoms with van der Waals surface area (Å²) in [5.41, 5.74) is 0. The lowest BCUT2D eigenvalue weighted by molar-refractivity contribution is 0.116.